The molecule has 0 radical (unpaired) electrons. The van der Waals surface area contributed by atoms with E-state index in [0.717, 1.165) is 30.1 Å². The van der Waals surface area contributed by atoms with Crippen LogP contribution in [0.3, 0.4) is 0 Å². The lowest BCUT2D eigenvalue weighted by molar-refractivity contribution is 0.153. The first-order valence-electron chi connectivity index (χ1n) is 10.6. The van der Waals surface area contributed by atoms with Crippen LogP contribution in [0.2, 0.25) is 0 Å². The predicted molar refractivity (Wildman–Crippen MR) is 113 cm³/mol. The standard InChI is InChI=1S/C24H35Br/c1-2-19-3-5-20(6-4-19)7-8-21-9-13-23(14-10-21)24-15-11-22(12-16-24)17-18-25/h3-6,17-18,21-24H,2,7-16H2,1H3/b18-17+. The van der Waals surface area contributed by atoms with Gasteiger partial charge in [-0.3, -0.25) is 0 Å². The van der Waals surface area contributed by atoms with Crippen LogP contribution in [0.4, 0.5) is 0 Å². The molecule has 3 rings (SSSR count). The molecule has 1 heteroatoms. The van der Waals surface area contributed by atoms with Gasteiger partial charge in [-0.1, -0.05) is 66.0 Å². The van der Waals surface area contributed by atoms with Crippen LogP contribution in [0.5, 0.6) is 0 Å². The lowest BCUT2D eigenvalue weighted by atomic mass is 9.68. The number of hydrogen-bond acceptors (Lipinski definition) is 0. The Morgan fingerprint density at radius 3 is 1.96 bits per heavy atom. The van der Waals surface area contributed by atoms with E-state index in [1.165, 1.54) is 75.3 Å². The van der Waals surface area contributed by atoms with Crippen molar-refractivity contribution in [2.45, 2.75) is 77.6 Å². The molecule has 0 amide bonds. The summed E-state index contributed by atoms with van der Waals surface area (Å²) in [6.45, 7) is 2.23. The third-order valence-corrected chi connectivity index (χ3v) is 7.30. The summed E-state index contributed by atoms with van der Waals surface area (Å²) in [4.78, 5) is 2.07. The van der Waals surface area contributed by atoms with E-state index in [4.69, 9.17) is 0 Å². The molecule has 0 spiro atoms. The maximum absolute atomic E-state index is 3.44. The van der Waals surface area contributed by atoms with Gasteiger partial charge in [-0.2, -0.15) is 0 Å². The van der Waals surface area contributed by atoms with Gasteiger partial charge in [0.1, 0.15) is 0 Å². The fourth-order valence-corrected chi connectivity index (χ4v) is 5.60. The van der Waals surface area contributed by atoms with Crippen LogP contribution in [0.1, 0.15) is 75.8 Å². The maximum atomic E-state index is 3.44. The Labute approximate surface area is 163 Å². The van der Waals surface area contributed by atoms with Crippen molar-refractivity contribution in [2.75, 3.05) is 0 Å². The molecule has 2 fully saturated rings. The Bertz CT molecular complexity index is 514. The first-order chi connectivity index (χ1) is 12.3. The Balaban J connectivity index is 1.37. The number of hydrogen-bond donors (Lipinski definition) is 0. The highest BCUT2D eigenvalue weighted by molar-refractivity contribution is 9.11. The molecular formula is C24H35Br. The molecule has 1 aromatic rings. The van der Waals surface area contributed by atoms with Crippen LogP contribution in [0.25, 0.3) is 0 Å². The van der Waals surface area contributed by atoms with E-state index in [-0.39, 0.29) is 0 Å². The van der Waals surface area contributed by atoms with Gasteiger partial charge in [0.15, 0.2) is 0 Å². The second-order valence-electron chi connectivity index (χ2n) is 8.48. The molecule has 0 nitrogen and oxygen atoms in total. The summed E-state index contributed by atoms with van der Waals surface area (Å²) in [6, 6.07) is 9.33. The number of rotatable bonds is 6. The highest BCUT2D eigenvalue weighted by Gasteiger charge is 2.30. The highest BCUT2D eigenvalue weighted by atomic mass is 79.9. The molecule has 0 N–H and O–H groups in total. The Morgan fingerprint density at radius 1 is 0.840 bits per heavy atom. The molecule has 0 bridgehead atoms. The quantitative estimate of drug-likeness (QED) is 0.456. The lowest BCUT2D eigenvalue weighted by Crippen LogP contribution is -2.25. The molecule has 2 aliphatic rings. The molecule has 0 saturated heterocycles. The molecule has 2 aliphatic carbocycles. The highest BCUT2D eigenvalue weighted by Crippen LogP contribution is 2.42. The summed E-state index contributed by atoms with van der Waals surface area (Å²) >= 11 is 3.44. The summed E-state index contributed by atoms with van der Waals surface area (Å²) in [6.07, 6.45) is 18.0. The molecule has 138 valence electrons. The lowest BCUT2D eigenvalue weighted by Gasteiger charge is -2.37. The van der Waals surface area contributed by atoms with E-state index in [2.05, 4.69) is 58.2 Å². The first-order valence-corrected chi connectivity index (χ1v) is 11.5. The van der Waals surface area contributed by atoms with Crippen molar-refractivity contribution in [2.24, 2.45) is 23.7 Å². The van der Waals surface area contributed by atoms with E-state index in [1.807, 2.05) is 0 Å². The Hall–Kier alpha value is -0.560. The minimum atomic E-state index is 0.839. The summed E-state index contributed by atoms with van der Waals surface area (Å²) in [5.74, 6) is 3.89. The zero-order valence-corrected chi connectivity index (χ0v) is 17.5. The molecule has 0 unspecified atom stereocenters. The smallest absolute Gasteiger partial charge is 0.0225 e. The molecular weight excluding hydrogens is 368 g/mol. The maximum Gasteiger partial charge on any atom is -0.0225 e. The molecule has 2 saturated carbocycles. The van der Waals surface area contributed by atoms with Crippen LogP contribution in [-0.4, -0.2) is 0 Å². The van der Waals surface area contributed by atoms with Gasteiger partial charge in [0.2, 0.25) is 0 Å². The van der Waals surface area contributed by atoms with Crippen molar-refractivity contribution < 1.29 is 0 Å². The second-order valence-corrected chi connectivity index (χ2v) is 9.01. The van der Waals surface area contributed by atoms with E-state index >= 15 is 0 Å². The normalized spacial score (nSPS) is 30.6. The average molecular weight is 403 g/mol. The predicted octanol–water partition coefficient (Wildman–Crippen LogP) is 7.70. The van der Waals surface area contributed by atoms with Crippen molar-refractivity contribution in [3.63, 3.8) is 0 Å². The fraction of sp³-hybridized carbons (Fsp3) is 0.667. The summed E-state index contributed by atoms with van der Waals surface area (Å²) in [7, 11) is 0. The third-order valence-electron chi connectivity index (χ3n) is 6.99. The van der Waals surface area contributed by atoms with Gasteiger partial charge in [-0.15, -0.1) is 0 Å². The van der Waals surface area contributed by atoms with Gasteiger partial charge >= 0.3 is 0 Å². The topological polar surface area (TPSA) is 0 Å². The average Bonchev–Trinajstić information content (AvgIpc) is 2.68. The van der Waals surface area contributed by atoms with E-state index < -0.39 is 0 Å². The number of allylic oxidation sites excluding steroid dienone is 1. The van der Waals surface area contributed by atoms with Gasteiger partial charge in [0, 0.05) is 0 Å². The Kier molecular flexibility index (Phi) is 7.65. The minimum Gasteiger partial charge on any atom is -0.0745 e. The van der Waals surface area contributed by atoms with Crippen molar-refractivity contribution >= 4 is 15.9 Å². The van der Waals surface area contributed by atoms with Crippen molar-refractivity contribution in [3.8, 4) is 0 Å². The van der Waals surface area contributed by atoms with Crippen molar-refractivity contribution in [1.29, 1.82) is 0 Å². The fourth-order valence-electron chi connectivity index (χ4n) is 5.17. The molecule has 0 atom stereocenters. The third kappa shape index (κ3) is 5.71. The van der Waals surface area contributed by atoms with Gasteiger partial charge in [0.05, 0.1) is 0 Å². The van der Waals surface area contributed by atoms with E-state index in [0.29, 0.717) is 0 Å². The molecule has 0 aromatic heterocycles. The molecule has 1 aromatic carbocycles. The zero-order chi connectivity index (χ0) is 17.5. The number of benzene rings is 1. The first kappa shape index (κ1) is 19.2. The van der Waals surface area contributed by atoms with Gasteiger partial charge < -0.3 is 0 Å². The van der Waals surface area contributed by atoms with Crippen molar-refractivity contribution in [3.05, 3.63) is 46.5 Å². The molecule has 25 heavy (non-hydrogen) atoms. The Morgan fingerprint density at radius 2 is 1.40 bits per heavy atom. The van der Waals surface area contributed by atoms with Crippen LogP contribution in [-0.2, 0) is 12.8 Å². The SMILES string of the molecule is CCc1ccc(CCC2CCC(C3CCC(/C=C/Br)CC3)CC2)cc1. The summed E-state index contributed by atoms with van der Waals surface area (Å²) in [5, 5.41) is 0. The zero-order valence-electron chi connectivity index (χ0n) is 15.9. The second kappa shape index (κ2) is 9.95. The van der Waals surface area contributed by atoms with Crippen LogP contribution < -0.4 is 0 Å². The molecule has 0 aliphatic heterocycles. The van der Waals surface area contributed by atoms with Gasteiger partial charge in [-0.25, -0.2) is 0 Å². The molecule has 0 heterocycles. The summed E-state index contributed by atoms with van der Waals surface area (Å²) < 4.78 is 0. The van der Waals surface area contributed by atoms with Crippen LogP contribution >= 0.6 is 15.9 Å². The number of halogens is 1. The minimum absolute atomic E-state index is 0.839. The van der Waals surface area contributed by atoms with Crippen LogP contribution in [0.15, 0.2) is 35.3 Å². The van der Waals surface area contributed by atoms with E-state index in [9.17, 15) is 0 Å². The van der Waals surface area contributed by atoms with Crippen molar-refractivity contribution in [1.82, 2.24) is 0 Å². The van der Waals surface area contributed by atoms with E-state index in [1.54, 1.807) is 0 Å². The summed E-state index contributed by atoms with van der Waals surface area (Å²) in [5.41, 5.74) is 3.00. The largest absolute Gasteiger partial charge is 0.0745 e. The monoisotopic (exact) mass is 402 g/mol. The van der Waals surface area contributed by atoms with Crippen LogP contribution in [0, 0.1) is 23.7 Å². The number of aryl methyl sites for hydroxylation is 2. The van der Waals surface area contributed by atoms with Gasteiger partial charge in [-0.05, 0) is 97.6 Å². The van der Waals surface area contributed by atoms with Gasteiger partial charge in [0.25, 0.3) is 0 Å².